The first-order valence-electron chi connectivity index (χ1n) is 6.68. The number of hydrogen-bond acceptors (Lipinski definition) is 6. The van der Waals surface area contributed by atoms with Gasteiger partial charge in [-0.15, -0.1) is 0 Å². The quantitative estimate of drug-likeness (QED) is 0.671. The number of aliphatic hydroxyl groups is 1. The summed E-state index contributed by atoms with van der Waals surface area (Å²) < 4.78 is 10.7. The van der Waals surface area contributed by atoms with Crippen LogP contribution in [-0.2, 0) is 0 Å². The maximum absolute atomic E-state index is 12.2. The van der Waals surface area contributed by atoms with E-state index >= 15 is 0 Å². The Hall–Kier alpha value is -2.99. The first-order chi connectivity index (χ1) is 11.1. The number of ether oxygens (including phenoxy) is 1. The van der Waals surface area contributed by atoms with E-state index in [9.17, 15) is 15.0 Å². The zero-order valence-electron chi connectivity index (χ0n) is 12.6. The first-order valence-corrected chi connectivity index (χ1v) is 6.68. The number of aliphatic hydroxyl groups excluding tert-OH is 1. The van der Waals surface area contributed by atoms with E-state index in [1.54, 1.807) is 12.1 Å². The molecule has 0 aliphatic rings. The number of phenolic OH excluding ortho intramolecular Hbond substituents is 2. The summed E-state index contributed by atoms with van der Waals surface area (Å²) in [6.45, 7) is 0. The summed E-state index contributed by atoms with van der Waals surface area (Å²) in [6.07, 6.45) is 0. The Morgan fingerprint density at radius 2 is 1.65 bits per heavy atom. The molecule has 3 N–H and O–H groups in total. The highest BCUT2D eigenvalue weighted by Gasteiger charge is 2.18. The van der Waals surface area contributed by atoms with Crippen molar-refractivity contribution in [3.05, 3.63) is 52.7 Å². The van der Waals surface area contributed by atoms with Crippen molar-refractivity contribution in [1.82, 2.24) is 0 Å². The maximum Gasteiger partial charge on any atom is 0.204 e. The van der Waals surface area contributed by atoms with Crippen LogP contribution in [0.3, 0.4) is 0 Å². The van der Waals surface area contributed by atoms with Crippen molar-refractivity contribution in [3.63, 3.8) is 0 Å². The summed E-state index contributed by atoms with van der Waals surface area (Å²) in [5.74, 6) is -0.304. The average Bonchev–Trinajstić information content (AvgIpc) is 2.57. The molecule has 0 saturated carbocycles. The second-order valence-corrected chi connectivity index (χ2v) is 4.49. The summed E-state index contributed by atoms with van der Waals surface area (Å²) in [6, 6.07) is 11.4. The van der Waals surface area contributed by atoms with E-state index < -0.39 is 5.43 Å². The molecule has 3 aromatic rings. The van der Waals surface area contributed by atoms with Crippen LogP contribution < -0.4 is 10.2 Å². The Morgan fingerprint density at radius 3 is 2.26 bits per heavy atom. The van der Waals surface area contributed by atoms with Gasteiger partial charge < -0.3 is 24.5 Å². The molecule has 0 atom stereocenters. The van der Waals surface area contributed by atoms with Gasteiger partial charge in [-0.25, -0.2) is 0 Å². The van der Waals surface area contributed by atoms with Gasteiger partial charge in [0.05, 0.1) is 7.11 Å². The normalized spacial score (nSPS) is 10.0. The Bertz CT molecular complexity index is 868. The van der Waals surface area contributed by atoms with Crippen LogP contribution in [0.4, 0.5) is 0 Å². The van der Waals surface area contributed by atoms with Gasteiger partial charge in [-0.2, -0.15) is 0 Å². The van der Waals surface area contributed by atoms with E-state index in [1.807, 2.05) is 18.2 Å². The third kappa shape index (κ3) is 2.97. The van der Waals surface area contributed by atoms with Gasteiger partial charge >= 0.3 is 0 Å². The molecule has 6 nitrogen and oxygen atoms in total. The smallest absolute Gasteiger partial charge is 0.204 e. The van der Waals surface area contributed by atoms with E-state index in [0.29, 0.717) is 11.3 Å². The molecule has 3 rings (SSSR count). The van der Waals surface area contributed by atoms with Gasteiger partial charge in [-0.3, -0.25) is 4.79 Å². The lowest BCUT2D eigenvalue weighted by atomic mass is 10.1. The molecule has 120 valence electrons. The second kappa shape index (κ2) is 6.85. The van der Waals surface area contributed by atoms with Gasteiger partial charge in [0.25, 0.3) is 0 Å². The number of hydrogen-bond donors (Lipinski definition) is 3. The minimum absolute atomic E-state index is 0.0117. The predicted octanol–water partition coefficient (Wildman–Crippen LogP) is 2.49. The summed E-state index contributed by atoms with van der Waals surface area (Å²) in [4.78, 5) is 12.2. The fourth-order valence-corrected chi connectivity index (χ4v) is 2.22. The third-order valence-electron chi connectivity index (χ3n) is 3.18. The van der Waals surface area contributed by atoms with Crippen molar-refractivity contribution in [1.29, 1.82) is 0 Å². The zero-order chi connectivity index (χ0) is 17.0. The lowest BCUT2D eigenvalue weighted by Crippen LogP contribution is -2.02. The molecule has 0 amide bonds. The summed E-state index contributed by atoms with van der Waals surface area (Å²) in [5, 5.41) is 26.6. The molecule has 0 saturated heterocycles. The number of rotatable bonds is 2. The van der Waals surface area contributed by atoms with Gasteiger partial charge in [0, 0.05) is 24.8 Å². The van der Waals surface area contributed by atoms with Crippen LogP contribution in [0.25, 0.3) is 22.3 Å². The highest BCUT2D eigenvalue weighted by Crippen LogP contribution is 2.40. The Labute approximate surface area is 131 Å². The molecule has 6 heteroatoms. The average molecular weight is 316 g/mol. The van der Waals surface area contributed by atoms with Crippen molar-refractivity contribution in [2.24, 2.45) is 0 Å². The molecule has 0 bridgehead atoms. The lowest BCUT2D eigenvalue weighted by molar-refractivity contribution is 0.367. The van der Waals surface area contributed by atoms with Crippen LogP contribution in [0.5, 0.6) is 17.2 Å². The molecule has 23 heavy (non-hydrogen) atoms. The lowest BCUT2D eigenvalue weighted by Gasteiger charge is -2.09. The SMILES string of the molecule is CO.COc1c(O)cc(O)c2c(=O)cc(-c3ccccc3)oc12. The molecule has 2 aromatic carbocycles. The minimum atomic E-state index is -0.411. The molecule has 1 aromatic heterocycles. The Balaban J connectivity index is 0.000000924. The molecule has 0 fully saturated rings. The Kier molecular flexibility index (Phi) is 4.88. The monoisotopic (exact) mass is 316 g/mol. The molecule has 0 aliphatic carbocycles. The summed E-state index contributed by atoms with van der Waals surface area (Å²) in [5.41, 5.74) is 0.314. The maximum atomic E-state index is 12.2. The van der Waals surface area contributed by atoms with Gasteiger partial charge in [0.15, 0.2) is 16.8 Å². The number of benzene rings is 2. The van der Waals surface area contributed by atoms with E-state index in [2.05, 4.69) is 0 Å². The fraction of sp³-hybridized carbons (Fsp3) is 0.118. The van der Waals surface area contributed by atoms with Crippen LogP contribution in [0.1, 0.15) is 0 Å². The molecule has 0 aliphatic heterocycles. The van der Waals surface area contributed by atoms with Crippen LogP contribution in [0.2, 0.25) is 0 Å². The van der Waals surface area contributed by atoms with Crippen molar-refractivity contribution in [3.8, 4) is 28.6 Å². The summed E-state index contributed by atoms with van der Waals surface area (Å²) >= 11 is 0. The standard InChI is InChI=1S/C16H12O5.CH4O/c1-20-15-12(19)7-10(17)14-11(18)8-13(21-16(14)15)9-5-3-2-4-6-9;1-2/h2-8,17,19H,1H3;2H,1H3. The van der Waals surface area contributed by atoms with Crippen molar-refractivity contribution >= 4 is 11.0 Å². The van der Waals surface area contributed by atoms with Gasteiger partial charge in [-0.1, -0.05) is 30.3 Å². The summed E-state index contributed by atoms with van der Waals surface area (Å²) in [7, 11) is 2.35. The topological polar surface area (TPSA) is 100 Å². The van der Waals surface area contributed by atoms with Gasteiger partial charge in [0.1, 0.15) is 16.9 Å². The van der Waals surface area contributed by atoms with Crippen molar-refractivity contribution in [2.45, 2.75) is 0 Å². The van der Waals surface area contributed by atoms with Crippen LogP contribution in [0.15, 0.2) is 51.7 Å². The van der Waals surface area contributed by atoms with Crippen LogP contribution in [0, 0.1) is 0 Å². The molecule has 0 unspecified atom stereocenters. The zero-order valence-corrected chi connectivity index (χ0v) is 12.6. The predicted molar refractivity (Wildman–Crippen MR) is 85.9 cm³/mol. The van der Waals surface area contributed by atoms with Crippen molar-refractivity contribution in [2.75, 3.05) is 14.2 Å². The number of methoxy groups -OCH3 is 1. The van der Waals surface area contributed by atoms with E-state index in [1.165, 1.54) is 13.2 Å². The third-order valence-corrected chi connectivity index (χ3v) is 3.18. The first kappa shape index (κ1) is 16.4. The van der Waals surface area contributed by atoms with Crippen molar-refractivity contribution < 1.29 is 24.5 Å². The van der Waals surface area contributed by atoms with E-state index in [4.69, 9.17) is 14.3 Å². The highest BCUT2D eigenvalue weighted by molar-refractivity contribution is 5.91. The second-order valence-electron chi connectivity index (χ2n) is 4.49. The number of fused-ring (bicyclic) bond motifs is 1. The number of phenols is 2. The molecular formula is C17H16O6. The van der Waals surface area contributed by atoms with Gasteiger partial charge in [-0.05, 0) is 0 Å². The molecular weight excluding hydrogens is 300 g/mol. The largest absolute Gasteiger partial charge is 0.507 e. The molecule has 0 radical (unpaired) electrons. The van der Waals surface area contributed by atoms with Crippen LogP contribution in [-0.4, -0.2) is 29.5 Å². The number of aromatic hydroxyl groups is 2. The minimum Gasteiger partial charge on any atom is -0.507 e. The Morgan fingerprint density at radius 1 is 1.00 bits per heavy atom. The highest BCUT2D eigenvalue weighted by atomic mass is 16.5. The van der Waals surface area contributed by atoms with Crippen LogP contribution >= 0.6 is 0 Å². The molecule has 1 heterocycles. The van der Waals surface area contributed by atoms with E-state index in [0.717, 1.165) is 13.2 Å². The van der Waals surface area contributed by atoms with E-state index in [-0.39, 0.29) is 28.2 Å². The fourth-order valence-electron chi connectivity index (χ4n) is 2.22. The molecule has 0 spiro atoms. The van der Waals surface area contributed by atoms with Gasteiger partial charge in [0.2, 0.25) is 5.75 Å².